The van der Waals surface area contributed by atoms with Gasteiger partial charge in [-0.15, -0.1) is 0 Å². The van der Waals surface area contributed by atoms with E-state index in [0.717, 1.165) is 37.6 Å². The monoisotopic (exact) mass is 385 g/mol. The molecule has 0 N–H and O–H groups in total. The number of hydrogen-bond acceptors (Lipinski definition) is 3. The van der Waals surface area contributed by atoms with E-state index in [9.17, 15) is 18.4 Å². The van der Waals surface area contributed by atoms with E-state index in [1.165, 1.54) is 11.0 Å². The molecule has 2 fully saturated rings. The molecule has 0 atom stereocenters. The lowest BCUT2D eigenvalue weighted by atomic mass is 10.0. The Labute approximate surface area is 162 Å². The Hall–Kier alpha value is -2.80. The second-order valence-corrected chi connectivity index (χ2v) is 7.23. The molecule has 3 amide bonds. The quantitative estimate of drug-likeness (QED) is 0.758. The molecule has 0 spiro atoms. The number of rotatable bonds is 4. The minimum absolute atomic E-state index is 0.00589. The van der Waals surface area contributed by atoms with Gasteiger partial charge in [-0.3, -0.25) is 9.69 Å². The Morgan fingerprint density at radius 1 is 0.929 bits per heavy atom. The summed E-state index contributed by atoms with van der Waals surface area (Å²) in [5.74, 6) is -1.89. The minimum atomic E-state index is -0.845. The second kappa shape index (κ2) is 7.67. The number of anilines is 1. The van der Waals surface area contributed by atoms with Gasteiger partial charge in [-0.2, -0.15) is 0 Å². The molecule has 2 heterocycles. The Balaban J connectivity index is 1.37. The molecule has 7 heteroatoms. The van der Waals surface area contributed by atoms with Crippen molar-refractivity contribution >= 4 is 17.6 Å². The summed E-state index contributed by atoms with van der Waals surface area (Å²) >= 11 is 0. The van der Waals surface area contributed by atoms with Crippen molar-refractivity contribution in [3.8, 4) is 0 Å². The third kappa shape index (κ3) is 3.62. The van der Waals surface area contributed by atoms with Crippen molar-refractivity contribution in [1.82, 2.24) is 9.80 Å². The lowest BCUT2D eigenvalue weighted by molar-refractivity contribution is -0.116. The van der Waals surface area contributed by atoms with Crippen LogP contribution in [0, 0.1) is 11.6 Å². The van der Waals surface area contributed by atoms with E-state index in [0.29, 0.717) is 12.2 Å². The number of piperidine rings is 1. The maximum atomic E-state index is 13.4. The van der Waals surface area contributed by atoms with Crippen LogP contribution in [-0.2, 0) is 11.3 Å². The number of hydrogen-bond donors (Lipinski definition) is 0. The molecule has 2 aromatic rings. The Morgan fingerprint density at radius 2 is 1.64 bits per heavy atom. The fourth-order valence-corrected chi connectivity index (χ4v) is 3.92. The van der Waals surface area contributed by atoms with Crippen molar-refractivity contribution in [3.63, 3.8) is 0 Å². The molecule has 0 bridgehead atoms. The SMILES string of the molecule is O=C1CN(C2CCN(Cc3ccc(F)c(F)c3)CC2)C(=O)N1c1ccccc1. The first-order valence-corrected chi connectivity index (χ1v) is 9.38. The number of urea groups is 1. The maximum absolute atomic E-state index is 13.4. The maximum Gasteiger partial charge on any atom is 0.332 e. The predicted molar refractivity (Wildman–Crippen MR) is 101 cm³/mol. The van der Waals surface area contributed by atoms with Crippen LogP contribution in [0.15, 0.2) is 48.5 Å². The number of halogens is 2. The number of nitrogens with zero attached hydrogens (tertiary/aromatic N) is 3. The van der Waals surface area contributed by atoms with Crippen molar-refractivity contribution in [2.24, 2.45) is 0 Å². The Morgan fingerprint density at radius 3 is 2.32 bits per heavy atom. The number of likely N-dealkylation sites (tertiary alicyclic amines) is 1. The van der Waals surface area contributed by atoms with E-state index in [-0.39, 0.29) is 24.5 Å². The van der Waals surface area contributed by atoms with Crippen molar-refractivity contribution < 1.29 is 18.4 Å². The molecule has 0 aromatic heterocycles. The largest absolute Gasteiger partial charge is 0.332 e. The van der Waals surface area contributed by atoms with Crippen LogP contribution in [0.25, 0.3) is 0 Å². The van der Waals surface area contributed by atoms with Crippen LogP contribution in [0.1, 0.15) is 18.4 Å². The Kier molecular flexibility index (Phi) is 5.09. The van der Waals surface area contributed by atoms with Gasteiger partial charge in [0.2, 0.25) is 0 Å². The summed E-state index contributed by atoms with van der Waals surface area (Å²) in [4.78, 5) is 30.2. The second-order valence-electron chi connectivity index (χ2n) is 7.23. The van der Waals surface area contributed by atoms with Crippen LogP contribution in [-0.4, -0.2) is 47.4 Å². The highest BCUT2D eigenvalue weighted by Crippen LogP contribution is 2.26. The highest BCUT2D eigenvalue weighted by molar-refractivity contribution is 6.19. The minimum Gasteiger partial charge on any atom is -0.312 e. The average molecular weight is 385 g/mol. The van der Waals surface area contributed by atoms with Crippen molar-refractivity contribution in [1.29, 1.82) is 0 Å². The first-order valence-electron chi connectivity index (χ1n) is 9.38. The lowest BCUT2D eigenvalue weighted by Crippen LogP contribution is -2.46. The summed E-state index contributed by atoms with van der Waals surface area (Å²) in [5.41, 5.74) is 1.32. The van der Waals surface area contributed by atoms with Crippen LogP contribution in [0.2, 0.25) is 0 Å². The molecule has 146 valence electrons. The topological polar surface area (TPSA) is 43.9 Å². The van der Waals surface area contributed by atoms with E-state index in [1.54, 1.807) is 35.2 Å². The number of amides is 3. The molecule has 2 saturated heterocycles. The van der Waals surface area contributed by atoms with Gasteiger partial charge in [-0.1, -0.05) is 24.3 Å². The van der Waals surface area contributed by atoms with Gasteiger partial charge in [0, 0.05) is 25.7 Å². The van der Waals surface area contributed by atoms with Gasteiger partial charge >= 0.3 is 6.03 Å². The fraction of sp³-hybridized carbons (Fsp3) is 0.333. The van der Waals surface area contributed by atoms with Gasteiger partial charge in [0.15, 0.2) is 11.6 Å². The van der Waals surface area contributed by atoms with Gasteiger partial charge in [-0.05, 0) is 42.7 Å². The van der Waals surface area contributed by atoms with Crippen molar-refractivity contribution in [2.45, 2.75) is 25.4 Å². The van der Waals surface area contributed by atoms with Crippen molar-refractivity contribution in [3.05, 3.63) is 65.7 Å². The van der Waals surface area contributed by atoms with Gasteiger partial charge in [-0.25, -0.2) is 18.5 Å². The zero-order valence-corrected chi connectivity index (χ0v) is 15.4. The summed E-state index contributed by atoms with van der Waals surface area (Å²) in [6.45, 7) is 2.09. The van der Waals surface area contributed by atoms with Crippen LogP contribution in [0.5, 0.6) is 0 Å². The zero-order chi connectivity index (χ0) is 19.7. The summed E-state index contributed by atoms with van der Waals surface area (Å²) in [6.07, 6.45) is 1.48. The van der Waals surface area contributed by atoms with Crippen LogP contribution >= 0.6 is 0 Å². The van der Waals surface area contributed by atoms with Crippen LogP contribution in [0.4, 0.5) is 19.3 Å². The highest BCUT2D eigenvalue weighted by Gasteiger charge is 2.41. The molecule has 28 heavy (non-hydrogen) atoms. The zero-order valence-electron chi connectivity index (χ0n) is 15.4. The summed E-state index contributed by atoms with van der Waals surface area (Å²) in [5, 5.41) is 0. The van der Waals surface area contributed by atoms with Gasteiger partial charge in [0.05, 0.1) is 5.69 Å². The van der Waals surface area contributed by atoms with Crippen LogP contribution < -0.4 is 4.90 Å². The van der Waals surface area contributed by atoms with Gasteiger partial charge in [0.1, 0.15) is 6.54 Å². The van der Waals surface area contributed by atoms with Crippen LogP contribution in [0.3, 0.4) is 0 Å². The molecule has 4 rings (SSSR count). The number of carbonyl (C=O) groups excluding carboxylic acids is 2. The molecule has 0 unspecified atom stereocenters. The molecular weight excluding hydrogens is 364 g/mol. The smallest absolute Gasteiger partial charge is 0.312 e. The number of imide groups is 1. The van der Waals surface area contributed by atoms with E-state index in [2.05, 4.69) is 4.90 Å². The van der Waals surface area contributed by atoms with E-state index in [4.69, 9.17) is 0 Å². The molecule has 2 aromatic carbocycles. The molecule has 5 nitrogen and oxygen atoms in total. The van der Waals surface area contributed by atoms with E-state index < -0.39 is 11.6 Å². The molecule has 0 radical (unpaired) electrons. The molecule has 2 aliphatic heterocycles. The number of para-hydroxylation sites is 1. The van der Waals surface area contributed by atoms with Crippen molar-refractivity contribution in [2.75, 3.05) is 24.5 Å². The molecular formula is C21H21F2N3O2. The third-order valence-electron chi connectivity index (χ3n) is 5.39. The average Bonchev–Trinajstić information content (AvgIpc) is 3.00. The molecule has 0 saturated carbocycles. The summed E-state index contributed by atoms with van der Waals surface area (Å²) in [7, 11) is 0. The van der Waals surface area contributed by atoms with E-state index in [1.807, 2.05) is 6.07 Å². The Bertz CT molecular complexity index is 882. The number of benzene rings is 2. The highest BCUT2D eigenvalue weighted by atomic mass is 19.2. The summed E-state index contributed by atoms with van der Waals surface area (Å²) in [6, 6.07) is 12.6. The predicted octanol–water partition coefficient (Wildman–Crippen LogP) is 3.40. The lowest BCUT2D eigenvalue weighted by Gasteiger charge is -2.36. The first kappa shape index (κ1) is 18.6. The first-order chi connectivity index (χ1) is 13.5. The number of carbonyl (C=O) groups is 2. The standard InChI is InChI=1S/C21H21F2N3O2/c22-18-7-6-15(12-19(18)23)13-24-10-8-16(9-11-24)25-14-20(27)26(21(25)28)17-4-2-1-3-5-17/h1-7,12,16H,8-11,13-14H2. The molecule has 2 aliphatic rings. The molecule has 0 aliphatic carbocycles. The third-order valence-corrected chi connectivity index (χ3v) is 5.39. The normalized spacial score (nSPS) is 18.9. The fourth-order valence-electron chi connectivity index (χ4n) is 3.92. The van der Waals surface area contributed by atoms with Gasteiger partial charge < -0.3 is 4.90 Å². The van der Waals surface area contributed by atoms with Gasteiger partial charge in [0.25, 0.3) is 5.91 Å². The summed E-state index contributed by atoms with van der Waals surface area (Å²) < 4.78 is 26.4. The van der Waals surface area contributed by atoms with E-state index >= 15 is 0 Å².